The van der Waals surface area contributed by atoms with Gasteiger partial charge in [0.25, 0.3) is 5.91 Å². The minimum atomic E-state index is -0.359. The van der Waals surface area contributed by atoms with Crippen molar-refractivity contribution in [1.82, 2.24) is 5.32 Å². The predicted molar refractivity (Wildman–Crippen MR) is 134 cm³/mol. The van der Waals surface area contributed by atoms with Crippen LogP contribution >= 0.6 is 0 Å². The molecule has 0 bridgehead atoms. The molecular weight excluding hydrogens is 428 g/mol. The Morgan fingerprint density at radius 3 is 2.44 bits per heavy atom. The number of hydrogen-bond donors (Lipinski definition) is 2. The number of nitrogens with one attached hydrogen (secondary N) is 2. The van der Waals surface area contributed by atoms with Gasteiger partial charge in [-0.05, 0) is 60.5 Å². The first kappa shape index (κ1) is 22.9. The van der Waals surface area contributed by atoms with Crippen molar-refractivity contribution >= 4 is 28.3 Å². The zero-order valence-electron chi connectivity index (χ0n) is 19.3. The Morgan fingerprint density at radius 2 is 1.62 bits per heavy atom. The average molecular weight is 455 g/mol. The predicted octanol–water partition coefficient (Wildman–Crippen LogP) is 5.63. The molecule has 0 spiro atoms. The number of methoxy groups -OCH3 is 1. The summed E-state index contributed by atoms with van der Waals surface area (Å²) in [4.78, 5) is 25.4. The largest absolute Gasteiger partial charge is 0.497 e. The van der Waals surface area contributed by atoms with Crippen molar-refractivity contribution in [2.24, 2.45) is 0 Å². The number of carbonyl (C=O) groups excluding carboxylic acids is 2. The van der Waals surface area contributed by atoms with Crippen LogP contribution in [-0.2, 0) is 4.79 Å². The fourth-order valence-electron chi connectivity index (χ4n) is 3.73. The number of anilines is 1. The Hall–Kier alpha value is -4.32. The average Bonchev–Trinajstić information content (AvgIpc) is 2.82. The van der Waals surface area contributed by atoms with E-state index < -0.39 is 0 Å². The zero-order chi connectivity index (χ0) is 24.1. The number of rotatable bonds is 7. The normalized spacial score (nSPS) is 10.6. The van der Waals surface area contributed by atoms with E-state index >= 15 is 0 Å². The van der Waals surface area contributed by atoms with Gasteiger partial charge in [0.05, 0.1) is 19.3 Å². The molecule has 2 N–H and O–H groups in total. The first-order valence-corrected chi connectivity index (χ1v) is 10.9. The van der Waals surface area contributed by atoms with Gasteiger partial charge in [-0.2, -0.15) is 0 Å². The molecule has 0 saturated heterocycles. The molecule has 6 heteroatoms. The third-order valence-electron chi connectivity index (χ3n) is 5.34. The van der Waals surface area contributed by atoms with Crippen LogP contribution in [0.3, 0.4) is 0 Å². The Labute approximate surface area is 198 Å². The van der Waals surface area contributed by atoms with Crippen LogP contribution in [0, 0.1) is 13.8 Å². The summed E-state index contributed by atoms with van der Waals surface area (Å²) in [6.07, 6.45) is 0. The lowest BCUT2D eigenvalue weighted by Crippen LogP contribution is -2.33. The van der Waals surface area contributed by atoms with Crippen molar-refractivity contribution in [3.05, 3.63) is 95.6 Å². The van der Waals surface area contributed by atoms with Crippen molar-refractivity contribution in [2.75, 3.05) is 19.0 Å². The molecule has 0 aliphatic heterocycles. The number of aryl methyl sites for hydroxylation is 2. The quantitative estimate of drug-likeness (QED) is 0.380. The molecule has 172 valence electrons. The molecular formula is C28H26N2O4. The van der Waals surface area contributed by atoms with Crippen LogP contribution in [-0.4, -0.2) is 25.5 Å². The van der Waals surface area contributed by atoms with Crippen LogP contribution in [0.4, 0.5) is 5.69 Å². The van der Waals surface area contributed by atoms with Crippen LogP contribution in [0.5, 0.6) is 17.2 Å². The maximum absolute atomic E-state index is 12.8. The van der Waals surface area contributed by atoms with Gasteiger partial charge in [-0.25, -0.2) is 0 Å². The highest BCUT2D eigenvalue weighted by atomic mass is 16.5. The fraction of sp³-hybridized carbons (Fsp3) is 0.143. The molecule has 0 heterocycles. The van der Waals surface area contributed by atoms with Gasteiger partial charge in [0.15, 0.2) is 5.75 Å². The first-order chi connectivity index (χ1) is 16.4. The number of ether oxygens (including phenoxy) is 2. The lowest BCUT2D eigenvalue weighted by molar-refractivity contribution is -0.115. The second kappa shape index (κ2) is 10.1. The van der Waals surface area contributed by atoms with Crippen molar-refractivity contribution in [3.8, 4) is 17.2 Å². The Balaban J connectivity index is 1.43. The molecule has 6 nitrogen and oxygen atoms in total. The van der Waals surface area contributed by atoms with Crippen LogP contribution in [0.2, 0.25) is 0 Å². The molecule has 0 aliphatic carbocycles. The number of fused-ring (bicyclic) bond motifs is 1. The highest BCUT2D eigenvalue weighted by Gasteiger charge is 2.13. The van der Waals surface area contributed by atoms with E-state index in [2.05, 4.69) is 10.6 Å². The summed E-state index contributed by atoms with van der Waals surface area (Å²) in [6, 6.07) is 24.2. The fourth-order valence-corrected chi connectivity index (χ4v) is 3.73. The van der Waals surface area contributed by atoms with Gasteiger partial charge >= 0.3 is 0 Å². The number of para-hydroxylation sites is 2. The molecule has 4 aromatic carbocycles. The van der Waals surface area contributed by atoms with Crippen LogP contribution in [0.25, 0.3) is 10.8 Å². The Morgan fingerprint density at radius 1 is 0.824 bits per heavy atom. The molecule has 4 rings (SSSR count). The summed E-state index contributed by atoms with van der Waals surface area (Å²) in [6.45, 7) is 3.78. The summed E-state index contributed by atoms with van der Waals surface area (Å²) < 4.78 is 11.3. The molecule has 0 fully saturated rings. The van der Waals surface area contributed by atoms with Gasteiger partial charge in [0.1, 0.15) is 11.5 Å². The highest BCUT2D eigenvalue weighted by molar-refractivity contribution is 6.08. The smallest absolute Gasteiger partial charge is 0.252 e. The minimum absolute atomic E-state index is 0.173. The monoisotopic (exact) mass is 454 g/mol. The Kier molecular flexibility index (Phi) is 6.78. The van der Waals surface area contributed by atoms with Crippen LogP contribution < -0.4 is 20.1 Å². The molecule has 0 unspecified atom stereocenters. The molecule has 4 aromatic rings. The van der Waals surface area contributed by atoms with Crippen LogP contribution in [0.15, 0.2) is 78.9 Å². The van der Waals surface area contributed by atoms with E-state index in [4.69, 9.17) is 9.47 Å². The van der Waals surface area contributed by atoms with Crippen molar-refractivity contribution in [1.29, 1.82) is 0 Å². The van der Waals surface area contributed by atoms with E-state index in [0.717, 1.165) is 21.9 Å². The Bertz CT molecular complexity index is 1360. The topological polar surface area (TPSA) is 76.7 Å². The van der Waals surface area contributed by atoms with Crippen molar-refractivity contribution in [3.63, 3.8) is 0 Å². The van der Waals surface area contributed by atoms with Crippen LogP contribution in [0.1, 0.15) is 21.5 Å². The highest BCUT2D eigenvalue weighted by Crippen LogP contribution is 2.32. The second-order valence-corrected chi connectivity index (χ2v) is 8.05. The zero-order valence-corrected chi connectivity index (χ0v) is 19.3. The van der Waals surface area contributed by atoms with Crippen molar-refractivity contribution in [2.45, 2.75) is 13.8 Å². The minimum Gasteiger partial charge on any atom is -0.497 e. The standard InChI is InChI=1S/C28H26N2O4/c1-18-11-12-23-20(13-18)7-6-8-24(23)28(32)29-17-27(31)30-25-9-4-5-10-26(25)34-22-15-19(2)14-21(16-22)33-3/h4-16H,17H2,1-3H3,(H,29,32)(H,30,31). The summed E-state index contributed by atoms with van der Waals surface area (Å²) in [7, 11) is 1.60. The van der Waals surface area contributed by atoms with Gasteiger partial charge in [-0.3, -0.25) is 9.59 Å². The molecule has 0 saturated carbocycles. The lowest BCUT2D eigenvalue weighted by atomic mass is 10.0. The van der Waals surface area contributed by atoms with Gasteiger partial charge in [-0.1, -0.05) is 48.0 Å². The third kappa shape index (κ3) is 5.35. The van der Waals surface area contributed by atoms with E-state index in [0.29, 0.717) is 28.5 Å². The van der Waals surface area contributed by atoms with Crippen molar-refractivity contribution < 1.29 is 19.1 Å². The van der Waals surface area contributed by atoms with E-state index in [-0.39, 0.29) is 18.4 Å². The maximum atomic E-state index is 12.8. The number of carbonyl (C=O) groups is 2. The summed E-state index contributed by atoms with van der Waals surface area (Å²) in [5, 5.41) is 7.35. The molecule has 0 aromatic heterocycles. The summed E-state index contributed by atoms with van der Waals surface area (Å²) in [5.41, 5.74) is 3.14. The maximum Gasteiger partial charge on any atom is 0.252 e. The summed E-state index contributed by atoms with van der Waals surface area (Å²) in [5.74, 6) is 1.10. The first-order valence-electron chi connectivity index (χ1n) is 10.9. The number of benzene rings is 4. The van der Waals surface area contributed by atoms with E-state index in [1.807, 2.05) is 62.4 Å². The van der Waals surface area contributed by atoms with Gasteiger partial charge in [0.2, 0.25) is 5.91 Å². The number of amides is 2. The van der Waals surface area contributed by atoms with E-state index in [1.54, 1.807) is 37.4 Å². The van der Waals surface area contributed by atoms with E-state index in [9.17, 15) is 9.59 Å². The lowest BCUT2D eigenvalue weighted by Gasteiger charge is -2.14. The molecule has 0 aliphatic rings. The van der Waals surface area contributed by atoms with E-state index in [1.165, 1.54) is 0 Å². The molecule has 34 heavy (non-hydrogen) atoms. The third-order valence-corrected chi connectivity index (χ3v) is 5.34. The number of hydrogen-bond acceptors (Lipinski definition) is 4. The van der Waals surface area contributed by atoms with Gasteiger partial charge in [0, 0.05) is 11.6 Å². The SMILES string of the molecule is COc1cc(C)cc(Oc2ccccc2NC(=O)CNC(=O)c2cccc3cc(C)ccc23)c1. The van der Waals surface area contributed by atoms with Gasteiger partial charge in [-0.15, -0.1) is 0 Å². The second-order valence-electron chi connectivity index (χ2n) is 8.05. The summed E-state index contributed by atoms with van der Waals surface area (Å²) >= 11 is 0. The molecule has 0 atom stereocenters. The van der Waals surface area contributed by atoms with Gasteiger partial charge < -0.3 is 20.1 Å². The molecule has 2 amide bonds. The molecule has 0 radical (unpaired) electrons.